The van der Waals surface area contributed by atoms with Gasteiger partial charge in [0.2, 0.25) is 0 Å². The number of ether oxygens (including phenoxy) is 1. The molecule has 146 valence electrons. The van der Waals surface area contributed by atoms with Gasteiger partial charge < -0.3 is 4.74 Å². The van der Waals surface area contributed by atoms with Crippen molar-refractivity contribution >= 4 is 5.97 Å². The minimum atomic E-state index is -0.351. The van der Waals surface area contributed by atoms with E-state index in [9.17, 15) is 9.59 Å². The average molecular weight is 378 g/mol. The standard InChI is InChI=1S/C23H26N2O3/c1-4-5-10-21-20(22(26)25(2)24-21)15-16-11-13-17(14-12-16)18-8-6-7-9-19(18)23(27)28-3/h6-9,11-14,24H,4-5,10,15H2,1-3H3. The Hall–Kier alpha value is -3.08. The second-order valence-corrected chi connectivity index (χ2v) is 6.95. The van der Waals surface area contributed by atoms with Crippen LogP contribution in [-0.2, 0) is 24.6 Å². The lowest BCUT2D eigenvalue weighted by Gasteiger charge is -2.09. The second kappa shape index (κ2) is 8.74. The molecule has 2 aromatic carbocycles. The highest BCUT2D eigenvalue weighted by Gasteiger charge is 2.14. The third kappa shape index (κ3) is 4.09. The van der Waals surface area contributed by atoms with Crippen LogP contribution in [0.15, 0.2) is 53.3 Å². The number of hydrogen-bond donors (Lipinski definition) is 1. The first-order valence-corrected chi connectivity index (χ1v) is 9.58. The fraction of sp³-hybridized carbons (Fsp3) is 0.304. The van der Waals surface area contributed by atoms with Gasteiger partial charge in [-0.3, -0.25) is 14.6 Å². The van der Waals surface area contributed by atoms with Crippen molar-refractivity contribution in [3.05, 3.63) is 81.3 Å². The number of nitrogens with one attached hydrogen (secondary N) is 1. The summed E-state index contributed by atoms with van der Waals surface area (Å²) in [5, 5.41) is 3.18. The second-order valence-electron chi connectivity index (χ2n) is 6.95. The molecule has 0 saturated heterocycles. The summed E-state index contributed by atoms with van der Waals surface area (Å²) in [4.78, 5) is 24.5. The van der Waals surface area contributed by atoms with Crippen LogP contribution in [0.2, 0.25) is 0 Å². The van der Waals surface area contributed by atoms with Gasteiger partial charge in [0.25, 0.3) is 5.56 Å². The number of aromatic nitrogens is 2. The van der Waals surface area contributed by atoms with Crippen molar-refractivity contribution in [2.75, 3.05) is 7.11 Å². The number of carbonyl (C=O) groups excluding carboxylic acids is 1. The summed E-state index contributed by atoms with van der Waals surface area (Å²) in [6.45, 7) is 2.14. The average Bonchev–Trinajstić information content (AvgIpc) is 3.00. The van der Waals surface area contributed by atoms with Gasteiger partial charge in [-0.15, -0.1) is 0 Å². The Kier molecular flexibility index (Phi) is 6.14. The molecular weight excluding hydrogens is 352 g/mol. The van der Waals surface area contributed by atoms with Crippen molar-refractivity contribution in [2.24, 2.45) is 7.05 Å². The molecule has 1 heterocycles. The SMILES string of the molecule is CCCCc1[nH]n(C)c(=O)c1Cc1ccc(-c2ccccc2C(=O)OC)cc1. The van der Waals surface area contributed by atoms with Crippen LogP contribution in [0.25, 0.3) is 11.1 Å². The van der Waals surface area contributed by atoms with Crippen molar-refractivity contribution in [3.8, 4) is 11.1 Å². The van der Waals surface area contributed by atoms with Crippen LogP contribution in [0.5, 0.6) is 0 Å². The Morgan fingerprint density at radius 1 is 1.11 bits per heavy atom. The number of unbranched alkanes of at least 4 members (excludes halogenated alkanes) is 1. The molecule has 0 spiro atoms. The van der Waals surface area contributed by atoms with E-state index < -0.39 is 0 Å². The normalized spacial score (nSPS) is 10.8. The molecule has 5 heteroatoms. The fourth-order valence-corrected chi connectivity index (χ4v) is 3.42. The number of methoxy groups -OCH3 is 1. The first-order chi connectivity index (χ1) is 13.5. The molecule has 0 aliphatic rings. The number of nitrogens with zero attached hydrogens (tertiary/aromatic N) is 1. The van der Waals surface area contributed by atoms with E-state index in [0.717, 1.165) is 47.2 Å². The van der Waals surface area contributed by atoms with Gasteiger partial charge in [0, 0.05) is 24.7 Å². The summed E-state index contributed by atoms with van der Waals surface area (Å²) < 4.78 is 6.44. The number of rotatable bonds is 7. The first-order valence-electron chi connectivity index (χ1n) is 9.58. The number of carbonyl (C=O) groups is 1. The molecule has 0 unspecified atom stereocenters. The maximum absolute atomic E-state index is 12.5. The van der Waals surface area contributed by atoms with E-state index in [1.807, 2.05) is 42.5 Å². The van der Waals surface area contributed by atoms with Crippen LogP contribution in [0.4, 0.5) is 0 Å². The van der Waals surface area contributed by atoms with Crippen LogP contribution in [0, 0.1) is 0 Å². The number of aromatic amines is 1. The summed E-state index contributed by atoms with van der Waals surface area (Å²) in [5.74, 6) is -0.351. The highest BCUT2D eigenvalue weighted by Crippen LogP contribution is 2.25. The van der Waals surface area contributed by atoms with Crippen molar-refractivity contribution in [1.29, 1.82) is 0 Å². The Morgan fingerprint density at radius 3 is 2.50 bits per heavy atom. The molecule has 3 aromatic rings. The minimum absolute atomic E-state index is 0.0335. The van der Waals surface area contributed by atoms with Crippen LogP contribution in [0.3, 0.4) is 0 Å². The Morgan fingerprint density at radius 2 is 1.82 bits per heavy atom. The molecular formula is C23H26N2O3. The molecule has 0 atom stereocenters. The zero-order valence-electron chi connectivity index (χ0n) is 16.6. The monoisotopic (exact) mass is 378 g/mol. The van der Waals surface area contributed by atoms with E-state index in [1.165, 1.54) is 7.11 Å². The van der Waals surface area contributed by atoms with E-state index in [2.05, 4.69) is 12.0 Å². The molecule has 0 radical (unpaired) electrons. The van der Waals surface area contributed by atoms with Crippen molar-refractivity contribution in [2.45, 2.75) is 32.6 Å². The van der Waals surface area contributed by atoms with Gasteiger partial charge in [-0.05, 0) is 35.6 Å². The van der Waals surface area contributed by atoms with E-state index in [-0.39, 0.29) is 11.5 Å². The van der Waals surface area contributed by atoms with E-state index in [1.54, 1.807) is 17.8 Å². The number of H-pyrrole nitrogens is 1. The fourth-order valence-electron chi connectivity index (χ4n) is 3.42. The predicted molar refractivity (Wildman–Crippen MR) is 111 cm³/mol. The first kappa shape index (κ1) is 19.7. The van der Waals surface area contributed by atoms with Gasteiger partial charge in [-0.2, -0.15) is 0 Å². The van der Waals surface area contributed by atoms with Gasteiger partial charge in [0.15, 0.2) is 0 Å². The number of aryl methyl sites for hydroxylation is 2. The molecule has 0 aliphatic heterocycles. The topological polar surface area (TPSA) is 64.1 Å². The van der Waals surface area contributed by atoms with Gasteiger partial charge in [-0.1, -0.05) is 55.8 Å². The summed E-state index contributed by atoms with van der Waals surface area (Å²) in [6, 6.07) is 15.4. The molecule has 1 N–H and O–H groups in total. The zero-order valence-corrected chi connectivity index (χ0v) is 16.6. The maximum atomic E-state index is 12.5. The lowest BCUT2D eigenvalue weighted by atomic mass is 9.96. The van der Waals surface area contributed by atoms with E-state index >= 15 is 0 Å². The Balaban J connectivity index is 1.87. The van der Waals surface area contributed by atoms with E-state index in [0.29, 0.717) is 12.0 Å². The molecule has 5 nitrogen and oxygen atoms in total. The highest BCUT2D eigenvalue weighted by atomic mass is 16.5. The molecule has 1 aromatic heterocycles. The Bertz CT molecular complexity index is 1010. The minimum Gasteiger partial charge on any atom is -0.465 e. The summed E-state index contributed by atoms with van der Waals surface area (Å²) in [5.41, 5.74) is 5.27. The molecule has 28 heavy (non-hydrogen) atoms. The molecule has 0 bridgehead atoms. The van der Waals surface area contributed by atoms with Crippen molar-refractivity contribution in [1.82, 2.24) is 9.78 Å². The third-order valence-electron chi connectivity index (χ3n) is 4.99. The Labute approximate surface area is 165 Å². The van der Waals surface area contributed by atoms with Crippen LogP contribution in [-0.4, -0.2) is 22.9 Å². The van der Waals surface area contributed by atoms with Gasteiger partial charge in [-0.25, -0.2) is 4.79 Å². The number of benzene rings is 2. The quantitative estimate of drug-likeness (QED) is 0.630. The van der Waals surface area contributed by atoms with Crippen LogP contribution < -0.4 is 5.56 Å². The van der Waals surface area contributed by atoms with Gasteiger partial charge in [0.05, 0.1) is 12.7 Å². The number of hydrogen-bond acceptors (Lipinski definition) is 3. The predicted octanol–water partition coefficient (Wildman–Crippen LogP) is 4.10. The van der Waals surface area contributed by atoms with Crippen molar-refractivity contribution in [3.63, 3.8) is 0 Å². The van der Waals surface area contributed by atoms with Gasteiger partial charge in [0.1, 0.15) is 0 Å². The highest BCUT2D eigenvalue weighted by molar-refractivity contribution is 5.97. The largest absolute Gasteiger partial charge is 0.465 e. The lowest BCUT2D eigenvalue weighted by molar-refractivity contribution is 0.0601. The number of esters is 1. The van der Waals surface area contributed by atoms with Crippen LogP contribution in [0.1, 0.15) is 46.9 Å². The van der Waals surface area contributed by atoms with Crippen LogP contribution >= 0.6 is 0 Å². The van der Waals surface area contributed by atoms with E-state index in [4.69, 9.17) is 4.74 Å². The molecule has 0 amide bonds. The molecule has 0 fully saturated rings. The summed E-state index contributed by atoms with van der Waals surface area (Å²) >= 11 is 0. The smallest absolute Gasteiger partial charge is 0.338 e. The molecule has 0 aliphatic carbocycles. The third-order valence-corrected chi connectivity index (χ3v) is 4.99. The molecule has 3 rings (SSSR count). The lowest BCUT2D eigenvalue weighted by Crippen LogP contribution is -2.15. The summed E-state index contributed by atoms with van der Waals surface area (Å²) in [6.07, 6.45) is 3.61. The summed E-state index contributed by atoms with van der Waals surface area (Å²) in [7, 11) is 3.14. The molecule has 0 saturated carbocycles. The van der Waals surface area contributed by atoms with Gasteiger partial charge >= 0.3 is 5.97 Å². The maximum Gasteiger partial charge on any atom is 0.338 e. The van der Waals surface area contributed by atoms with Crippen molar-refractivity contribution < 1.29 is 9.53 Å². The zero-order chi connectivity index (χ0) is 20.1.